The largest absolute Gasteiger partial charge is 0.758 e. The summed E-state index contributed by atoms with van der Waals surface area (Å²) in [6, 6.07) is 3.82. The summed E-state index contributed by atoms with van der Waals surface area (Å²) in [5.74, 6) is -0.304. The van der Waals surface area contributed by atoms with Gasteiger partial charge in [-0.3, -0.25) is 5.32 Å². The minimum Gasteiger partial charge on any atom is -0.758 e. The molecule has 2 atom stereocenters. The molecule has 206 valence electrons. The molecule has 2 heterocycles. The van der Waals surface area contributed by atoms with Crippen LogP contribution in [0, 0.1) is 17.9 Å². The summed E-state index contributed by atoms with van der Waals surface area (Å²) in [5.41, 5.74) is -2.75. The second-order valence-electron chi connectivity index (χ2n) is 8.83. The number of benzene rings is 2. The van der Waals surface area contributed by atoms with Crippen LogP contribution in [0.2, 0.25) is 0 Å². The molecule has 2 aliphatic heterocycles. The monoisotopic (exact) mass is 562 g/mol. The third kappa shape index (κ3) is 6.05. The Morgan fingerprint density at radius 1 is 1.05 bits per heavy atom. The van der Waals surface area contributed by atoms with Crippen LogP contribution < -0.4 is 10.6 Å². The molecule has 38 heavy (non-hydrogen) atoms. The summed E-state index contributed by atoms with van der Waals surface area (Å²) in [6.07, 6.45) is -7.29. The summed E-state index contributed by atoms with van der Waals surface area (Å²) >= 11 is 1.27. The molecule has 0 saturated heterocycles. The van der Waals surface area contributed by atoms with Crippen molar-refractivity contribution < 1.29 is 35.5 Å². The van der Waals surface area contributed by atoms with Crippen LogP contribution in [0.4, 0.5) is 30.7 Å². The topological polar surface area (TPSA) is 59.6 Å². The first-order chi connectivity index (χ1) is 17.8. The first-order valence-electron chi connectivity index (χ1n) is 11.4. The van der Waals surface area contributed by atoms with Crippen molar-refractivity contribution in [3.8, 4) is 0 Å². The van der Waals surface area contributed by atoms with Crippen LogP contribution in [0.3, 0.4) is 0 Å². The van der Waals surface area contributed by atoms with Crippen molar-refractivity contribution in [2.45, 2.75) is 37.2 Å². The third-order valence-corrected chi connectivity index (χ3v) is 6.90. The van der Waals surface area contributed by atoms with Gasteiger partial charge in [0.1, 0.15) is 5.82 Å². The molecule has 2 N–H and O–H groups in total. The Labute approximate surface area is 218 Å². The highest BCUT2D eigenvalue weighted by molar-refractivity contribution is 7.99. The predicted molar refractivity (Wildman–Crippen MR) is 130 cm³/mol. The fraction of sp³-hybridized carbons (Fsp3) is 0.360. The second kappa shape index (κ2) is 10.7. The number of nitrogens with zero attached hydrogens (tertiary/aromatic N) is 1. The van der Waals surface area contributed by atoms with Gasteiger partial charge in [-0.25, -0.2) is 4.39 Å². The van der Waals surface area contributed by atoms with Gasteiger partial charge in [-0.05, 0) is 78.8 Å². The molecule has 0 bridgehead atoms. The van der Waals surface area contributed by atoms with Gasteiger partial charge in [0.05, 0.1) is 17.8 Å². The fourth-order valence-electron chi connectivity index (χ4n) is 4.39. The highest BCUT2D eigenvalue weighted by Gasteiger charge is 2.38. The number of nitrogens with one attached hydrogen (secondary N) is 2. The van der Waals surface area contributed by atoms with Crippen molar-refractivity contribution in [2.75, 3.05) is 19.5 Å². The van der Waals surface area contributed by atoms with Crippen molar-refractivity contribution in [2.24, 2.45) is 0 Å². The highest BCUT2D eigenvalue weighted by Crippen LogP contribution is 2.39. The first kappa shape index (κ1) is 28.1. The number of halogens is 7. The molecule has 0 fully saturated rings. The molecular weight excluding hydrogens is 539 g/mol. The zero-order valence-corrected chi connectivity index (χ0v) is 21.0. The van der Waals surface area contributed by atoms with E-state index in [-0.39, 0.29) is 36.4 Å². The van der Waals surface area contributed by atoms with E-state index in [1.165, 1.54) is 30.0 Å². The molecule has 0 spiro atoms. The molecule has 4 rings (SSSR count). The summed E-state index contributed by atoms with van der Waals surface area (Å²) in [7, 11) is 0. The Balaban J connectivity index is 1.86. The van der Waals surface area contributed by atoms with Gasteiger partial charge in [-0.15, -0.1) is 11.8 Å². The molecule has 2 aliphatic rings. The zero-order valence-electron chi connectivity index (χ0n) is 20.1. The SMILES string of the molecule is CSC1/C=C(/c2ccc(F)cc2C)N([O-])C(Cc2cc(C(F)(F)F)cc(C(F)(F)F)c2)C2=C(NCNC2)O1. The van der Waals surface area contributed by atoms with E-state index < -0.39 is 47.2 Å². The van der Waals surface area contributed by atoms with Crippen LogP contribution in [-0.4, -0.2) is 36.0 Å². The molecular formula is C25H23F7N3O2S-. The lowest BCUT2D eigenvalue weighted by molar-refractivity contribution is -0.143. The zero-order chi connectivity index (χ0) is 27.8. The van der Waals surface area contributed by atoms with Gasteiger partial charge in [0, 0.05) is 23.9 Å². The third-order valence-electron chi connectivity index (χ3n) is 6.20. The minimum absolute atomic E-state index is 0.0460. The lowest BCUT2D eigenvalue weighted by atomic mass is 9.93. The lowest BCUT2D eigenvalue weighted by Gasteiger charge is -2.46. The van der Waals surface area contributed by atoms with Gasteiger partial charge < -0.3 is 20.3 Å². The molecule has 0 aliphatic carbocycles. The average Bonchev–Trinajstić information content (AvgIpc) is 2.83. The van der Waals surface area contributed by atoms with Crippen molar-refractivity contribution in [1.82, 2.24) is 15.7 Å². The highest BCUT2D eigenvalue weighted by atomic mass is 32.2. The van der Waals surface area contributed by atoms with Gasteiger partial charge in [-0.2, -0.15) is 26.3 Å². The molecule has 2 aromatic carbocycles. The molecule has 5 nitrogen and oxygen atoms in total. The number of ether oxygens (including phenoxy) is 1. The van der Waals surface area contributed by atoms with E-state index in [2.05, 4.69) is 10.6 Å². The van der Waals surface area contributed by atoms with Gasteiger partial charge in [-0.1, -0.05) is 0 Å². The van der Waals surface area contributed by atoms with Crippen molar-refractivity contribution >= 4 is 17.5 Å². The summed E-state index contributed by atoms with van der Waals surface area (Å²) in [6.45, 7) is 1.97. The number of hydrogen-bond donors (Lipinski definition) is 2. The van der Waals surface area contributed by atoms with Gasteiger partial charge in [0.25, 0.3) is 0 Å². The molecule has 13 heteroatoms. The number of alkyl halides is 6. The Morgan fingerprint density at radius 2 is 1.71 bits per heavy atom. The van der Waals surface area contributed by atoms with E-state index >= 15 is 0 Å². The van der Waals surface area contributed by atoms with Gasteiger partial charge in [0.2, 0.25) is 0 Å². The summed E-state index contributed by atoms with van der Waals surface area (Å²) in [5, 5.41) is 20.5. The van der Waals surface area contributed by atoms with E-state index in [4.69, 9.17) is 4.74 Å². The van der Waals surface area contributed by atoms with Crippen LogP contribution in [0.15, 0.2) is 53.9 Å². The Morgan fingerprint density at radius 3 is 2.29 bits per heavy atom. The maximum absolute atomic E-state index is 14.0. The molecule has 2 unspecified atom stereocenters. The fourth-order valence-corrected chi connectivity index (χ4v) is 4.85. The smallest absolute Gasteiger partial charge is 0.416 e. The summed E-state index contributed by atoms with van der Waals surface area (Å²) in [4.78, 5) is 0. The number of aryl methyl sites for hydroxylation is 1. The average molecular weight is 563 g/mol. The van der Waals surface area contributed by atoms with Gasteiger partial charge in [0.15, 0.2) is 11.3 Å². The molecule has 0 saturated carbocycles. The number of rotatable bonds is 4. The van der Waals surface area contributed by atoms with Crippen molar-refractivity contribution in [3.63, 3.8) is 0 Å². The van der Waals surface area contributed by atoms with Crippen LogP contribution in [0.5, 0.6) is 0 Å². The predicted octanol–water partition coefficient (Wildman–Crippen LogP) is 6.00. The number of hydrogen-bond acceptors (Lipinski definition) is 6. The molecule has 2 aromatic rings. The van der Waals surface area contributed by atoms with Crippen molar-refractivity contribution in [3.05, 3.63) is 92.8 Å². The minimum atomic E-state index is -5.03. The van der Waals surface area contributed by atoms with Crippen LogP contribution in [-0.2, 0) is 23.5 Å². The van der Waals surface area contributed by atoms with E-state index in [1.54, 1.807) is 13.2 Å². The Hall–Kier alpha value is -2.90. The van der Waals surface area contributed by atoms with Crippen molar-refractivity contribution in [1.29, 1.82) is 0 Å². The van der Waals surface area contributed by atoms with E-state index in [0.29, 0.717) is 33.9 Å². The number of hydroxylamine groups is 2. The Bertz CT molecular complexity index is 1230. The number of thioether (sulfide) groups is 1. The van der Waals surface area contributed by atoms with E-state index in [1.807, 2.05) is 0 Å². The van der Waals surface area contributed by atoms with E-state index in [0.717, 1.165) is 6.07 Å². The van der Waals surface area contributed by atoms with Crippen LogP contribution >= 0.6 is 11.8 Å². The first-order valence-corrected chi connectivity index (χ1v) is 12.7. The van der Waals surface area contributed by atoms with E-state index in [9.17, 15) is 35.9 Å². The van der Waals surface area contributed by atoms with Crippen LogP contribution in [0.1, 0.15) is 27.8 Å². The van der Waals surface area contributed by atoms with Gasteiger partial charge >= 0.3 is 12.4 Å². The quantitative estimate of drug-likeness (QED) is 0.446. The lowest BCUT2D eigenvalue weighted by Crippen LogP contribution is -2.46. The normalized spacial score (nSPS) is 22.1. The maximum atomic E-state index is 14.0. The molecule has 0 amide bonds. The Kier molecular flexibility index (Phi) is 7.91. The maximum Gasteiger partial charge on any atom is 0.416 e. The molecule has 0 radical (unpaired) electrons. The standard InChI is InChI=1S/C25H23F7N3O2S/c1-13-5-17(26)3-4-18(13)21-10-22(38-2)37-23-19(11-33-12-34-23)20(35(21)36)8-14-6-15(24(27,28)29)9-16(7-14)25(30,31)32/h3-7,9-10,20,22,33-34H,8,11-12H2,1-2H3/q-1/b21-10-. The molecule has 0 aromatic heterocycles. The van der Waals surface area contributed by atoms with Crippen LogP contribution in [0.25, 0.3) is 5.70 Å². The summed E-state index contributed by atoms with van der Waals surface area (Å²) < 4.78 is 101. The second-order valence-corrected chi connectivity index (χ2v) is 9.76.